The van der Waals surface area contributed by atoms with Gasteiger partial charge in [-0.15, -0.1) is 0 Å². The standard InChI is InChI=1S/C15H23NO/c1-16(11-13-7-3-2-4-8-13)12-15(17)14-9-5-6-10-14/h2-4,7-8,14-15,17H,5-6,9-12H2,1H3. The molecular weight excluding hydrogens is 210 g/mol. The molecule has 1 aliphatic carbocycles. The number of hydrogen-bond acceptors (Lipinski definition) is 2. The summed E-state index contributed by atoms with van der Waals surface area (Å²) in [6.45, 7) is 1.71. The minimum absolute atomic E-state index is 0.147. The molecule has 0 saturated heterocycles. The van der Waals surface area contributed by atoms with Crippen LogP contribution in [0.4, 0.5) is 0 Å². The van der Waals surface area contributed by atoms with Gasteiger partial charge in [0.1, 0.15) is 0 Å². The maximum atomic E-state index is 10.2. The van der Waals surface area contributed by atoms with Crippen LogP contribution in [-0.2, 0) is 6.54 Å². The fraction of sp³-hybridized carbons (Fsp3) is 0.600. The minimum atomic E-state index is -0.147. The highest BCUT2D eigenvalue weighted by molar-refractivity contribution is 5.14. The van der Waals surface area contributed by atoms with E-state index in [1.807, 2.05) is 6.07 Å². The second-order valence-electron chi connectivity index (χ2n) is 5.29. The number of rotatable bonds is 5. The van der Waals surface area contributed by atoms with Crippen LogP contribution in [0.15, 0.2) is 30.3 Å². The second-order valence-corrected chi connectivity index (χ2v) is 5.29. The van der Waals surface area contributed by atoms with Gasteiger partial charge in [0.25, 0.3) is 0 Å². The highest BCUT2D eigenvalue weighted by Gasteiger charge is 2.23. The average Bonchev–Trinajstić information content (AvgIpc) is 2.83. The van der Waals surface area contributed by atoms with Gasteiger partial charge >= 0.3 is 0 Å². The molecule has 0 spiro atoms. The van der Waals surface area contributed by atoms with Gasteiger partial charge in [-0.3, -0.25) is 4.90 Å². The second kappa shape index (κ2) is 6.18. The van der Waals surface area contributed by atoms with Crippen LogP contribution in [0.2, 0.25) is 0 Å². The van der Waals surface area contributed by atoms with Gasteiger partial charge in [-0.1, -0.05) is 43.2 Å². The third-order valence-electron chi connectivity index (χ3n) is 3.74. The molecule has 0 amide bonds. The molecule has 1 aromatic rings. The van der Waals surface area contributed by atoms with Gasteiger partial charge in [0.2, 0.25) is 0 Å². The molecule has 94 valence electrons. The summed E-state index contributed by atoms with van der Waals surface area (Å²) >= 11 is 0. The van der Waals surface area contributed by atoms with Crippen LogP contribution in [0, 0.1) is 5.92 Å². The van der Waals surface area contributed by atoms with Crippen molar-refractivity contribution in [3.05, 3.63) is 35.9 Å². The first kappa shape index (κ1) is 12.6. The van der Waals surface area contributed by atoms with E-state index >= 15 is 0 Å². The summed E-state index contributed by atoms with van der Waals surface area (Å²) in [5.41, 5.74) is 1.31. The molecule has 0 radical (unpaired) electrons. The van der Waals surface area contributed by atoms with Crippen LogP contribution in [0.1, 0.15) is 31.2 Å². The molecular formula is C15H23NO. The van der Waals surface area contributed by atoms with E-state index in [0.29, 0.717) is 5.92 Å². The fourth-order valence-electron chi connectivity index (χ4n) is 2.77. The smallest absolute Gasteiger partial charge is 0.0695 e. The van der Waals surface area contributed by atoms with Crippen LogP contribution in [0.5, 0.6) is 0 Å². The lowest BCUT2D eigenvalue weighted by Gasteiger charge is -2.24. The minimum Gasteiger partial charge on any atom is -0.392 e. The molecule has 1 fully saturated rings. The molecule has 1 unspecified atom stereocenters. The van der Waals surface area contributed by atoms with E-state index in [4.69, 9.17) is 0 Å². The van der Waals surface area contributed by atoms with Gasteiger partial charge < -0.3 is 5.11 Å². The van der Waals surface area contributed by atoms with Crippen molar-refractivity contribution in [2.24, 2.45) is 5.92 Å². The monoisotopic (exact) mass is 233 g/mol. The zero-order valence-corrected chi connectivity index (χ0v) is 10.7. The van der Waals surface area contributed by atoms with E-state index < -0.39 is 0 Å². The molecule has 2 heteroatoms. The van der Waals surface area contributed by atoms with E-state index in [1.165, 1.54) is 31.2 Å². The van der Waals surface area contributed by atoms with E-state index in [2.05, 4.69) is 36.2 Å². The summed E-state index contributed by atoms with van der Waals surface area (Å²) in [6, 6.07) is 10.4. The Morgan fingerprint density at radius 1 is 1.24 bits per heavy atom. The summed E-state index contributed by atoms with van der Waals surface area (Å²) in [4.78, 5) is 2.22. The Hall–Kier alpha value is -0.860. The zero-order valence-electron chi connectivity index (χ0n) is 10.7. The van der Waals surface area contributed by atoms with Crippen LogP contribution in [0.3, 0.4) is 0 Å². The Labute approximate surface area is 104 Å². The van der Waals surface area contributed by atoms with E-state index in [0.717, 1.165) is 13.1 Å². The van der Waals surface area contributed by atoms with Gasteiger partial charge in [0.05, 0.1) is 6.10 Å². The number of benzene rings is 1. The van der Waals surface area contributed by atoms with Gasteiger partial charge in [-0.25, -0.2) is 0 Å². The fourth-order valence-corrected chi connectivity index (χ4v) is 2.77. The molecule has 0 aromatic heterocycles. The first-order valence-corrected chi connectivity index (χ1v) is 6.66. The highest BCUT2D eigenvalue weighted by atomic mass is 16.3. The average molecular weight is 233 g/mol. The molecule has 1 aliphatic rings. The zero-order chi connectivity index (χ0) is 12.1. The Morgan fingerprint density at radius 3 is 2.53 bits per heavy atom. The van der Waals surface area contributed by atoms with Crippen molar-refractivity contribution in [2.45, 2.75) is 38.3 Å². The Balaban J connectivity index is 1.78. The lowest BCUT2D eigenvalue weighted by atomic mass is 10.0. The van der Waals surface area contributed by atoms with Gasteiger partial charge in [-0.05, 0) is 31.4 Å². The van der Waals surface area contributed by atoms with E-state index in [1.54, 1.807) is 0 Å². The Morgan fingerprint density at radius 2 is 1.88 bits per heavy atom. The molecule has 2 nitrogen and oxygen atoms in total. The third-order valence-corrected chi connectivity index (χ3v) is 3.74. The predicted octanol–water partition coefficient (Wildman–Crippen LogP) is 2.67. The first-order chi connectivity index (χ1) is 8.25. The number of aliphatic hydroxyl groups is 1. The summed E-state index contributed by atoms with van der Waals surface area (Å²) in [6.07, 6.45) is 4.86. The quantitative estimate of drug-likeness (QED) is 0.845. The summed E-state index contributed by atoms with van der Waals surface area (Å²) in [5, 5.41) is 10.2. The van der Waals surface area contributed by atoms with E-state index in [9.17, 15) is 5.11 Å². The van der Waals surface area contributed by atoms with Crippen LogP contribution < -0.4 is 0 Å². The van der Waals surface area contributed by atoms with E-state index in [-0.39, 0.29) is 6.10 Å². The molecule has 0 aliphatic heterocycles. The molecule has 17 heavy (non-hydrogen) atoms. The van der Waals surface area contributed by atoms with Gasteiger partial charge in [-0.2, -0.15) is 0 Å². The van der Waals surface area contributed by atoms with Gasteiger partial charge in [0.15, 0.2) is 0 Å². The Kier molecular flexibility index (Phi) is 4.57. The maximum Gasteiger partial charge on any atom is 0.0695 e. The molecule has 0 bridgehead atoms. The summed E-state index contributed by atoms with van der Waals surface area (Å²) < 4.78 is 0. The van der Waals surface area contributed by atoms with Crippen molar-refractivity contribution in [3.8, 4) is 0 Å². The lowest BCUT2D eigenvalue weighted by Crippen LogP contribution is -2.33. The maximum absolute atomic E-state index is 10.2. The molecule has 1 N–H and O–H groups in total. The largest absolute Gasteiger partial charge is 0.392 e. The predicted molar refractivity (Wildman–Crippen MR) is 70.7 cm³/mol. The van der Waals surface area contributed by atoms with Crippen molar-refractivity contribution < 1.29 is 5.11 Å². The van der Waals surface area contributed by atoms with Crippen molar-refractivity contribution in [3.63, 3.8) is 0 Å². The van der Waals surface area contributed by atoms with Crippen molar-refractivity contribution in [2.75, 3.05) is 13.6 Å². The molecule has 0 heterocycles. The topological polar surface area (TPSA) is 23.5 Å². The molecule has 1 atom stereocenters. The number of nitrogens with zero attached hydrogens (tertiary/aromatic N) is 1. The molecule has 1 saturated carbocycles. The summed E-state index contributed by atoms with van der Waals surface area (Å²) in [7, 11) is 2.09. The van der Waals surface area contributed by atoms with Crippen molar-refractivity contribution in [1.29, 1.82) is 0 Å². The third kappa shape index (κ3) is 3.83. The molecule has 1 aromatic carbocycles. The number of aliphatic hydroxyl groups excluding tert-OH is 1. The van der Waals surface area contributed by atoms with Gasteiger partial charge in [0, 0.05) is 13.1 Å². The van der Waals surface area contributed by atoms with Crippen LogP contribution >= 0.6 is 0 Å². The SMILES string of the molecule is CN(Cc1ccccc1)CC(O)C1CCCC1. The Bertz CT molecular complexity index is 319. The van der Waals surface area contributed by atoms with Crippen molar-refractivity contribution in [1.82, 2.24) is 4.90 Å². The number of likely N-dealkylation sites (N-methyl/N-ethyl adjacent to an activating group) is 1. The highest BCUT2D eigenvalue weighted by Crippen LogP contribution is 2.28. The van der Waals surface area contributed by atoms with Crippen LogP contribution in [-0.4, -0.2) is 29.7 Å². The first-order valence-electron chi connectivity index (χ1n) is 6.66. The normalized spacial score (nSPS) is 18.8. The van der Waals surface area contributed by atoms with Crippen LogP contribution in [0.25, 0.3) is 0 Å². The molecule has 2 rings (SSSR count). The summed E-state index contributed by atoms with van der Waals surface area (Å²) in [5.74, 6) is 0.535. The lowest BCUT2D eigenvalue weighted by molar-refractivity contribution is 0.0725. The number of hydrogen-bond donors (Lipinski definition) is 1. The van der Waals surface area contributed by atoms with Crippen molar-refractivity contribution >= 4 is 0 Å².